The minimum Gasteiger partial charge on any atom is -0.507 e. The molecule has 0 unspecified atom stereocenters. The summed E-state index contributed by atoms with van der Waals surface area (Å²) in [7, 11) is 3.14. The molecule has 0 amide bonds. The average molecular weight is 428 g/mol. The highest BCUT2D eigenvalue weighted by Crippen LogP contribution is 2.32. The third-order valence-corrected chi connectivity index (χ3v) is 5.45. The Bertz CT molecular complexity index is 1500. The van der Waals surface area contributed by atoms with Crippen LogP contribution in [-0.4, -0.2) is 38.5 Å². The van der Waals surface area contributed by atoms with Crippen LogP contribution in [0, 0.1) is 0 Å². The van der Waals surface area contributed by atoms with E-state index in [4.69, 9.17) is 9.47 Å². The van der Waals surface area contributed by atoms with Crippen LogP contribution in [0.15, 0.2) is 71.5 Å². The molecule has 8 heteroatoms. The van der Waals surface area contributed by atoms with Gasteiger partial charge in [0.25, 0.3) is 5.56 Å². The van der Waals surface area contributed by atoms with E-state index in [0.29, 0.717) is 40.4 Å². The topological polar surface area (TPSA) is 90.9 Å². The second-order valence-corrected chi connectivity index (χ2v) is 7.30. The quantitative estimate of drug-likeness (QED) is 0.461. The third kappa shape index (κ3) is 3.13. The summed E-state index contributed by atoms with van der Waals surface area (Å²) in [5, 5.41) is 19.8. The Hall–Kier alpha value is -4.33. The number of hydrogen-bond acceptors (Lipinski definition) is 6. The molecule has 2 heterocycles. The number of phenolic OH excluding ortho intramolecular Hbond substituents is 1. The van der Waals surface area contributed by atoms with Crippen LogP contribution < -0.4 is 15.0 Å². The molecule has 1 N–H and O–H groups in total. The SMILES string of the molecule is COc1ccc(Cn2c(=O)c3ccccc3n3c(-c4ccc(OC)cc4O)nnc23)cc1. The zero-order chi connectivity index (χ0) is 22.2. The first-order valence-corrected chi connectivity index (χ1v) is 9.97. The number of phenols is 1. The van der Waals surface area contributed by atoms with Crippen LogP contribution in [0.25, 0.3) is 28.1 Å². The molecule has 8 nitrogen and oxygen atoms in total. The van der Waals surface area contributed by atoms with E-state index in [1.54, 1.807) is 34.3 Å². The van der Waals surface area contributed by atoms with Crippen molar-refractivity contribution in [3.63, 3.8) is 0 Å². The van der Waals surface area contributed by atoms with Gasteiger partial charge in [-0.15, -0.1) is 10.2 Å². The maximum absolute atomic E-state index is 13.4. The Labute approximate surface area is 182 Å². The molecule has 0 aliphatic heterocycles. The van der Waals surface area contributed by atoms with E-state index in [1.807, 2.05) is 42.5 Å². The predicted molar refractivity (Wildman–Crippen MR) is 121 cm³/mol. The van der Waals surface area contributed by atoms with E-state index < -0.39 is 0 Å². The van der Waals surface area contributed by atoms with Crippen molar-refractivity contribution in [1.29, 1.82) is 0 Å². The number of para-hydroxylation sites is 1. The molecule has 0 radical (unpaired) electrons. The summed E-state index contributed by atoms with van der Waals surface area (Å²) in [4.78, 5) is 13.4. The van der Waals surface area contributed by atoms with Crippen molar-refractivity contribution in [3.05, 3.63) is 82.6 Å². The molecule has 0 saturated heterocycles. The number of hydrogen-bond donors (Lipinski definition) is 1. The zero-order valence-electron chi connectivity index (χ0n) is 17.5. The van der Waals surface area contributed by atoms with Gasteiger partial charge in [0, 0.05) is 6.07 Å². The van der Waals surface area contributed by atoms with E-state index in [0.717, 1.165) is 11.3 Å². The molecule has 32 heavy (non-hydrogen) atoms. The summed E-state index contributed by atoms with van der Waals surface area (Å²) in [6.45, 7) is 0.309. The molecule has 160 valence electrons. The molecule has 0 spiro atoms. The lowest BCUT2D eigenvalue weighted by Gasteiger charge is -2.12. The van der Waals surface area contributed by atoms with Gasteiger partial charge in [0.15, 0.2) is 5.82 Å². The standard InChI is InChI=1S/C24H20N4O4/c1-31-16-9-7-15(8-10-16)14-27-23(30)18-5-3-4-6-20(18)28-22(25-26-24(27)28)19-12-11-17(32-2)13-21(19)29/h3-13,29H,14H2,1-2H3. The van der Waals surface area contributed by atoms with Gasteiger partial charge in [-0.3, -0.25) is 13.8 Å². The number of rotatable bonds is 5. The van der Waals surface area contributed by atoms with E-state index in [1.165, 1.54) is 13.2 Å². The molecule has 0 saturated carbocycles. The van der Waals surface area contributed by atoms with Crippen molar-refractivity contribution in [2.24, 2.45) is 0 Å². The lowest BCUT2D eigenvalue weighted by molar-refractivity contribution is 0.408. The smallest absolute Gasteiger partial charge is 0.263 e. The second kappa shape index (κ2) is 7.73. The molecule has 5 rings (SSSR count). The number of nitrogens with zero attached hydrogens (tertiary/aromatic N) is 4. The zero-order valence-corrected chi connectivity index (χ0v) is 17.5. The first-order chi connectivity index (χ1) is 15.6. The van der Waals surface area contributed by atoms with Crippen LogP contribution >= 0.6 is 0 Å². The van der Waals surface area contributed by atoms with Crippen LogP contribution in [-0.2, 0) is 6.54 Å². The Balaban J connectivity index is 1.76. The molecular weight excluding hydrogens is 408 g/mol. The first kappa shape index (κ1) is 19.6. The Morgan fingerprint density at radius 1 is 0.906 bits per heavy atom. The van der Waals surface area contributed by atoms with Crippen LogP contribution in [0.3, 0.4) is 0 Å². The van der Waals surface area contributed by atoms with Gasteiger partial charge < -0.3 is 14.6 Å². The molecule has 0 atom stereocenters. The number of aromatic nitrogens is 4. The van der Waals surface area contributed by atoms with Gasteiger partial charge in [0.05, 0.1) is 37.2 Å². The summed E-state index contributed by atoms with van der Waals surface area (Å²) >= 11 is 0. The van der Waals surface area contributed by atoms with Gasteiger partial charge >= 0.3 is 0 Å². The van der Waals surface area contributed by atoms with Crippen LogP contribution in [0.4, 0.5) is 0 Å². The normalized spacial score (nSPS) is 11.2. The van der Waals surface area contributed by atoms with Crippen LogP contribution in [0.2, 0.25) is 0 Å². The van der Waals surface area contributed by atoms with E-state index in [-0.39, 0.29) is 11.3 Å². The van der Waals surface area contributed by atoms with Crippen molar-refractivity contribution in [3.8, 4) is 28.6 Å². The number of ether oxygens (including phenoxy) is 2. The summed E-state index contributed by atoms with van der Waals surface area (Å²) in [6.07, 6.45) is 0. The van der Waals surface area contributed by atoms with Gasteiger partial charge in [0.2, 0.25) is 5.78 Å². The molecule has 0 fully saturated rings. The van der Waals surface area contributed by atoms with Crippen LogP contribution in [0.5, 0.6) is 17.2 Å². The number of benzene rings is 3. The maximum Gasteiger partial charge on any atom is 0.263 e. The molecule has 3 aromatic carbocycles. The molecular formula is C24H20N4O4. The van der Waals surface area contributed by atoms with E-state index in [9.17, 15) is 9.90 Å². The number of fused-ring (bicyclic) bond motifs is 3. The number of methoxy groups -OCH3 is 2. The fourth-order valence-corrected chi connectivity index (χ4v) is 3.82. The van der Waals surface area contributed by atoms with Gasteiger partial charge in [-0.2, -0.15) is 0 Å². The average Bonchev–Trinajstić information content (AvgIpc) is 3.27. The van der Waals surface area contributed by atoms with Crippen molar-refractivity contribution < 1.29 is 14.6 Å². The monoisotopic (exact) mass is 428 g/mol. The highest BCUT2D eigenvalue weighted by molar-refractivity contribution is 5.83. The largest absolute Gasteiger partial charge is 0.507 e. The fraction of sp³-hybridized carbons (Fsp3) is 0.125. The lowest BCUT2D eigenvalue weighted by Crippen LogP contribution is -2.24. The Morgan fingerprint density at radius 3 is 2.34 bits per heavy atom. The predicted octanol–water partition coefficient (Wildman–Crippen LogP) is 3.48. The van der Waals surface area contributed by atoms with Crippen molar-refractivity contribution in [2.75, 3.05) is 14.2 Å². The minimum absolute atomic E-state index is 0.00985. The van der Waals surface area contributed by atoms with Gasteiger partial charge in [-0.05, 0) is 42.0 Å². The molecule has 0 aliphatic rings. The third-order valence-electron chi connectivity index (χ3n) is 5.45. The second-order valence-electron chi connectivity index (χ2n) is 7.30. The number of aromatic hydroxyl groups is 1. The summed E-state index contributed by atoms with van der Waals surface area (Å²) in [6, 6.07) is 19.8. The highest BCUT2D eigenvalue weighted by atomic mass is 16.5. The van der Waals surface area contributed by atoms with Crippen molar-refractivity contribution in [2.45, 2.75) is 6.54 Å². The van der Waals surface area contributed by atoms with E-state index >= 15 is 0 Å². The highest BCUT2D eigenvalue weighted by Gasteiger charge is 2.19. The minimum atomic E-state index is -0.165. The van der Waals surface area contributed by atoms with Crippen molar-refractivity contribution >= 4 is 16.7 Å². The maximum atomic E-state index is 13.4. The van der Waals surface area contributed by atoms with Crippen LogP contribution in [0.1, 0.15) is 5.56 Å². The lowest BCUT2D eigenvalue weighted by atomic mass is 10.1. The molecule has 0 aliphatic carbocycles. The molecule has 2 aromatic heterocycles. The summed E-state index contributed by atoms with van der Waals surface area (Å²) in [5.41, 5.74) is 1.90. The fourth-order valence-electron chi connectivity index (χ4n) is 3.82. The molecule has 0 bridgehead atoms. The Kier molecular flexibility index (Phi) is 4.74. The first-order valence-electron chi connectivity index (χ1n) is 9.97. The summed E-state index contributed by atoms with van der Waals surface area (Å²) in [5.74, 6) is 2.09. The van der Waals surface area contributed by atoms with Gasteiger partial charge in [-0.1, -0.05) is 24.3 Å². The van der Waals surface area contributed by atoms with Gasteiger partial charge in [-0.25, -0.2) is 0 Å². The Morgan fingerprint density at radius 2 is 1.62 bits per heavy atom. The van der Waals surface area contributed by atoms with Gasteiger partial charge in [0.1, 0.15) is 17.2 Å². The molecule has 5 aromatic rings. The van der Waals surface area contributed by atoms with Crippen molar-refractivity contribution in [1.82, 2.24) is 19.2 Å². The van der Waals surface area contributed by atoms with E-state index in [2.05, 4.69) is 10.2 Å². The summed E-state index contributed by atoms with van der Waals surface area (Å²) < 4.78 is 13.8.